The van der Waals surface area contributed by atoms with E-state index < -0.39 is 26.6 Å². The van der Waals surface area contributed by atoms with Crippen molar-refractivity contribution in [3.63, 3.8) is 0 Å². The monoisotopic (exact) mass is 531 g/mol. The quantitative estimate of drug-likeness (QED) is 0.417. The molecule has 0 atom stereocenters. The Labute approximate surface area is 161 Å². The van der Waals surface area contributed by atoms with Gasteiger partial charge in [0.25, 0.3) is 0 Å². The van der Waals surface area contributed by atoms with Gasteiger partial charge in [-0.1, -0.05) is 0 Å². The third-order valence-electron chi connectivity index (χ3n) is 4.41. The minimum atomic E-state index is -1.80. The van der Waals surface area contributed by atoms with E-state index in [9.17, 15) is 0 Å². The first-order chi connectivity index (χ1) is 10.2. The van der Waals surface area contributed by atoms with Crippen LogP contribution in [0.5, 0.6) is 0 Å². The second-order valence-corrected chi connectivity index (χ2v) is 33.0. The maximum absolute atomic E-state index is 2.59. The van der Waals surface area contributed by atoms with Gasteiger partial charge < -0.3 is 0 Å². The predicted molar refractivity (Wildman–Crippen MR) is 107 cm³/mol. The molecule has 0 saturated carbocycles. The number of hydrogen-bond acceptors (Lipinski definition) is 0. The van der Waals surface area contributed by atoms with Crippen molar-refractivity contribution in [2.75, 3.05) is 0 Å². The molecule has 0 saturated heterocycles. The largest absolute Gasteiger partial charge is 0.147 e. The van der Waals surface area contributed by atoms with Gasteiger partial charge in [-0.3, -0.25) is 0 Å². The number of rotatable bonds is 4. The van der Waals surface area contributed by atoms with E-state index in [1.165, 1.54) is 18.4 Å². The molecule has 0 bridgehead atoms. The molecule has 1 aromatic rings. The molecule has 0 nitrogen and oxygen atoms in total. The molecular formula is C19H25Cl2HfSi. The van der Waals surface area contributed by atoms with E-state index in [-0.39, 0.29) is 24.8 Å². The van der Waals surface area contributed by atoms with Gasteiger partial charge in [0.05, 0.1) is 0 Å². The topological polar surface area (TPSA) is 0 Å². The normalized spacial score (nSPS) is 16.0. The van der Waals surface area contributed by atoms with Crippen molar-refractivity contribution in [1.29, 1.82) is 0 Å². The zero-order valence-electron chi connectivity index (χ0n) is 14.0. The van der Waals surface area contributed by atoms with Crippen molar-refractivity contribution in [2.24, 2.45) is 0 Å². The molecule has 23 heavy (non-hydrogen) atoms. The van der Waals surface area contributed by atoms with Crippen molar-refractivity contribution in [3.05, 3.63) is 72.4 Å². The first kappa shape index (κ1) is 20.9. The number of allylic oxidation sites excluding steroid dienone is 8. The molecular weight excluding hydrogens is 506 g/mol. The Kier molecular flexibility index (Phi) is 8.50. The van der Waals surface area contributed by atoms with E-state index in [1.54, 1.807) is 11.1 Å². The number of halogens is 2. The summed E-state index contributed by atoms with van der Waals surface area (Å²) in [5.74, 6) is -0.575. The average molecular weight is 531 g/mol. The van der Waals surface area contributed by atoms with Gasteiger partial charge in [0, 0.05) is 0 Å². The van der Waals surface area contributed by atoms with Crippen molar-refractivity contribution < 1.29 is 20.6 Å². The summed E-state index contributed by atoms with van der Waals surface area (Å²) >= 11 is -1.80. The van der Waals surface area contributed by atoms with Crippen LogP contribution in [0.25, 0.3) is 5.57 Å². The van der Waals surface area contributed by atoms with Crippen molar-refractivity contribution in [2.45, 2.75) is 32.9 Å². The predicted octanol–water partition coefficient (Wildman–Crippen LogP) is 6.04. The van der Waals surface area contributed by atoms with Gasteiger partial charge in [-0.05, 0) is 0 Å². The van der Waals surface area contributed by atoms with Gasteiger partial charge in [0.1, 0.15) is 0 Å². The molecule has 0 spiro atoms. The fraction of sp³-hybridized carbons (Fsp3) is 0.263. The van der Waals surface area contributed by atoms with Gasteiger partial charge in [-0.15, -0.1) is 24.8 Å². The van der Waals surface area contributed by atoms with Gasteiger partial charge in [-0.25, -0.2) is 0 Å². The molecule has 0 aliphatic heterocycles. The fourth-order valence-electron chi connectivity index (χ4n) is 3.46. The standard InChI is InChI=1S/C11H9.C6H7.C2H7Si.2ClH.Hf/c1-2-6-10(7-3-1)11-8-4-5-9-11;1-6-4-2-3-5-6;1-3-2;;;/h1-4,6-8H,5H2;2,4H,3H2,1H3;3H,1-2H3;2*1H;. The first-order valence-corrected chi connectivity index (χ1v) is 20.6. The molecule has 0 N–H and O–H groups in total. The van der Waals surface area contributed by atoms with E-state index >= 15 is 0 Å². The first-order valence-electron chi connectivity index (χ1n) is 7.87. The SMILES string of the molecule is CC1=[C]([Hf]([C]2=C(c3ccccc3)C=CC2)[SiH](C)C)CC=C1.Cl.Cl. The fourth-order valence-corrected chi connectivity index (χ4v) is 32.4. The third kappa shape index (κ3) is 4.48. The Bertz CT molecular complexity index is 657. The summed E-state index contributed by atoms with van der Waals surface area (Å²) < 4.78 is 3.78. The summed E-state index contributed by atoms with van der Waals surface area (Å²) in [4.78, 5) is 0. The second kappa shape index (κ2) is 9.36. The molecule has 1 aromatic carbocycles. The van der Waals surface area contributed by atoms with Crippen molar-refractivity contribution in [1.82, 2.24) is 0 Å². The average Bonchev–Trinajstić information content (AvgIpc) is 3.10. The van der Waals surface area contributed by atoms with Crippen LogP contribution in [0.15, 0.2) is 66.9 Å². The van der Waals surface area contributed by atoms with E-state index in [0.717, 1.165) is 0 Å². The molecule has 0 fully saturated rings. The molecule has 123 valence electrons. The number of benzene rings is 1. The van der Waals surface area contributed by atoms with E-state index in [2.05, 4.69) is 74.7 Å². The Morgan fingerprint density at radius 3 is 2.04 bits per heavy atom. The van der Waals surface area contributed by atoms with E-state index in [4.69, 9.17) is 0 Å². The molecule has 2 aliphatic rings. The summed E-state index contributed by atoms with van der Waals surface area (Å²) in [6.45, 7) is 7.52. The molecule has 4 heteroatoms. The maximum atomic E-state index is 2.59. The molecule has 0 unspecified atom stereocenters. The summed E-state index contributed by atoms with van der Waals surface area (Å²) in [7, 11) is 0. The Morgan fingerprint density at radius 1 is 0.870 bits per heavy atom. The van der Waals surface area contributed by atoms with E-state index in [0.29, 0.717) is 0 Å². The summed E-state index contributed by atoms with van der Waals surface area (Å²) in [6.07, 6.45) is 12.0. The summed E-state index contributed by atoms with van der Waals surface area (Å²) in [5.41, 5.74) is 4.61. The van der Waals surface area contributed by atoms with Crippen LogP contribution in [0.3, 0.4) is 0 Å². The molecule has 3 rings (SSSR count). The Morgan fingerprint density at radius 2 is 1.48 bits per heavy atom. The minimum Gasteiger partial charge on any atom is -0.147 e. The van der Waals surface area contributed by atoms with Crippen LogP contribution < -0.4 is 0 Å². The molecule has 0 radical (unpaired) electrons. The van der Waals surface area contributed by atoms with Gasteiger partial charge in [0.2, 0.25) is 0 Å². The van der Waals surface area contributed by atoms with Crippen LogP contribution in [0.1, 0.15) is 25.3 Å². The van der Waals surface area contributed by atoms with Gasteiger partial charge in [-0.2, -0.15) is 0 Å². The third-order valence-corrected chi connectivity index (χ3v) is 32.2. The zero-order chi connectivity index (χ0) is 14.8. The smallest absolute Gasteiger partial charge is 0.147 e. The van der Waals surface area contributed by atoms with Crippen LogP contribution in [0, 0.1) is 0 Å². The molecule has 0 heterocycles. The van der Waals surface area contributed by atoms with Crippen LogP contribution in [-0.2, 0) is 20.6 Å². The van der Waals surface area contributed by atoms with Gasteiger partial charge >= 0.3 is 137 Å². The second-order valence-electron chi connectivity index (χ2n) is 6.20. The van der Waals surface area contributed by atoms with Crippen molar-refractivity contribution >= 4 is 36.4 Å². The summed E-state index contributed by atoms with van der Waals surface area (Å²) in [6, 6.07) is 11.0. The van der Waals surface area contributed by atoms with Crippen LogP contribution in [0.4, 0.5) is 0 Å². The van der Waals surface area contributed by atoms with Crippen molar-refractivity contribution in [3.8, 4) is 0 Å². The Balaban J connectivity index is 0.00000132. The van der Waals surface area contributed by atoms with Gasteiger partial charge in [0.15, 0.2) is 0 Å². The molecule has 0 amide bonds. The number of hydrogen-bond donors (Lipinski definition) is 0. The van der Waals surface area contributed by atoms with Crippen LogP contribution in [-0.4, -0.2) is 5.98 Å². The Hall–Kier alpha value is -0.153. The zero-order valence-corrected chi connectivity index (χ0v) is 20.4. The minimum absolute atomic E-state index is 0. The molecule has 2 aliphatic carbocycles. The van der Waals surface area contributed by atoms with E-state index in [1.807, 2.05) is 6.66 Å². The molecule has 0 aromatic heterocycles. The van der Waals surface area contributed by atoms with Crippen LogP contribution in [0.2, 0.25) is 13.1 Å². The summed E-state index contributed by atoms with van der Waals surface area (Å²) in [5, 5.41) is 0. The maximum Gasteiger partial charge on any atom is -0.147 e. The van der Waals surface area contributed by atoms with Crippen LogP contribution >= 0.6 is 24.8 Å².